The quantitative estimate of drug-likeness (QED) is 0.0348. The van der Waals surface area contributed by atoms with Gasteiger partial charge in [0.05, 0.1) is 12.5 Å². The average Bonchev–Trinajstić information content (AvgIpc) is 3.18. The fourth-order valence-corrected chi connectivity index (χ4v) is 7.36. The molecule has 0 bridgehead atoms. The molecule has 56 heavy (non-hydrogen) atoms. The van der Waals surface area contributed by atoms with E-state index in [0.717, 1.165) is 77.5 Å². The Labute approximate surface area is 349 Å². The highest BCUT2D eigenvalue weighted by molar-refractivity contribution is 5.72. The van der Waals surface area contributed by atoms with Crippen molar-refractivity contribution < 1.29 is 19.1 Å². The Kier molecular flexibility index (Phi) is 43.1. The predicted molar refractivity (Wildman–Crippen MR) is 243 cm³/mol. The van der Waals surface area contributed by atoms with Crippen molar-refractivity contribution in [2.24, 2.45) is 5.92 Å². The topological polar surface area (TPSA) is 59.1 Å². The summed E-state index contributed by atoms with van der Waals surface area (Å²) in [7, 11) is 4.08. The van der Waals surface area contributed by atoms with Crippen molar-refractivity contribution in [2.45, 2.75) is 226 Å². The van der Waals surface area contributed by atoms with Gasteiger partial charge in [0, 0.05) is 13.0 Å². The highest BCUT2D eigenvalue weighted by Crippen LogP contribution is 2.21. The Morgan fingerprint density at radius 1 is 0.464 bits per heavy atom. The fraction of sp³-hybridized carbons (Fsp3) is 0.880. The monoisotopic (exact) mass is 789 g/mol. The maximum absolute atomic E-state index is 13.0. The van der Waals surface area contributed by atoms with Crippen LogP contribution in [0.4, 0.5) is 0 Å². The molecule has 0 aliphatic carbocycles. The van der Waals surface area contributed by atoms with Crippen LogP contribution < -0.4 is 0 Å². The van der Waals surface area contributed by atoms with Gasteiger partial charge in [-0.15, -0.1) is 0 Å². The van der Waals surface area contributed by atoms with Crippen LogP contribution in [0.5, 0.6) is 0 Å². The summed E-state index contributed by atoms with van der Waals surface area (Å²) in [6.07, 6.45) is 47.4. The molecule has 1 unspecified atom stereocenters. The lowest BCUT2D eigenvalue weighted by Gasteiger charge is -2.22. The summed E-state index contributed by atoms with van der Waals surface area (Å²) in [6.45, 7) is 11.8. The Bertz CT molecular complexity index is 888. The van der Waals surface area contributed by atoms with Gasteiger partial charge in [-0.1, -0.05) is 173 Å². The largest absolute Gasteiger partial charge is 0.465 e. The zero-order valence-electron chi connectivity index (χ0n) is 38.3. The van der Waals surface area contributed by atoms with Crippen molar-refractivity contribution in [1.29, 1.82) is 0 Å². The van der Waals surface area contributed by atoms with Crippen molar-refractivity contribution in [2.75, 3.05) is 53.5 Å². The minimum atomic E-state index is -0.0634. The van der Waals surface area contributed by atoms with E-state index in [1.807, 2.05) is 14.1 Å². The molecule has 0 rings (SSSR count). The van der Waals surface area contributed by atoms with Crippen LogP contribution in [0.1, 0.15) is 226 Å². The summed E-state index contributed by atoms with van der Waals surface area (Å²) in [5.41, 5.74) is 0. The van der Waals surface area contributed by atoms with Gasteiger partial charge < -0.3 is 14.4 Å². The first kappa shape index (κ1) is 54.3. The summed E-state index contributed by atoms with van der Waals surface area (Å²) in [6, 6.07) is 0. The van der Waals surface area contributed by atoms with Crippen molar-refractivity contribution in [3.8, 4) is 0 Å². The van der Waals surface area contributed by atoms with Gasteiger partial charge in [-0.05, 0) is 104 Å². The maximum atomic E-state index is 13.0. The van der Waals surface area contributed by atoms with E-state index in [1.54, 1.807) is 0 Å². The number of rotatable bonds is 44. The van der Waals surface area contributed by atoms with E-state index >= 15 is 0 Å². The number of hydrogen-bond acceptors (Lipinski definition) is 6. The zero-order valence-corrected chi connectivity index (χ0v) is 38.3. The van der Waals surface area contributed by atoms with Crippen molar-refractivity contribution in [1.82, 2.24) is 9.80 Å². The molecule has 0 aromatic carbocycles. The highest BCUT2D eigenvalue weighted by atomic mass is 16.5. The van der Waals surface area contributed by atoms with Crippen LogP contribution in [-0.4, -0.2) is 75.2 Å². The van der Waals surface area contributed by atoms with Gasteiger partial charge in [0.2, 0.25) is 0 Å². The second kappa shape index (κ2) is 44.4. The number of allylic oxidation sites excluding steroid dienone is 4. The van der Waals surface area contributed by atoms with E-state index in [9.17, 15) is 9.59 Å². The van der Waals surface area contributed by atoms with Crippen LogP contribution in [0.3, 0.4) is 0 Å². The summed E-state index contributed by atoms with van der Waals surface area (Å²) >= 11 is 0. The molecule has 6 nitrogen and oxygen atoms in total. The third-order valence-corrected chi connectivity index (χ3v) is 11.1. The first-order valence-electron chi connectivity index (χ1n) is 24.4. The molecule has 0 saturated heterocycles. The number of carbonyl (C=O) groups is 2. The summed E-state index contributed by atoms with van der Waals surface area (Å²) in [5.74, 6) is 0.100. The lowest BCUT2D eigenvalue weighted by Crippen LogP contribution is -2.30. The molecule has 0 N–H and O–H groups in total. The first-order valence-corrected chi connectivity index (χ1v) is 24.4. The van der Waals surface area contributed by atoms with Crippen molar-refractivity contribution >= 4 is 11.9 Å². The molecule has 0 aliphatic rings. The standard InChI is InChI=1S/C50H96N2O4/c1-6-9-12-15-17-18-19-20-21-22-23-24-25-26-30-35-43-52(45-47-55-49(53)41-38-42-51(4)5)44-36-31-27-28-32-37-46-56-50(54)48(39-33-14-11-8-3)40-34-29-16-13-10-7-2/h17-18,20-21,48H,6-16,19,22-47H2,1-5H3/b18-17-,21-20-. The molecule has 0 fully saturated rings. The number of carbonyl (C=O) groups excluding carboxylic acids is 2. The molecule has 0 spiro atoms. The zero-order chi connectivity index (χ0) is 41.0. The van der Waals surface area contributed by atoms with Crippen molar-refractivity contribution in [3.05, 3.63) is 24.3 Å². The summed E-state index contributed by atoms with van der Waals surface area (Å²) in [4.78, 5) is 29.9. The second-order valence-electron chi connectivity index (χ2n) is 16.9. The number of hydrogen-bond donors (Lipinski definition) is 0. The molecule has 0 aromatic rings. The molecule has 6 heteroatoms. The lowest BCUT2D eigenvalue weighted by molar-refractivity contribution is -0.149. The molecule has 0 heterocycles. The molecular formula is C50H96N2O4. The van der Waals surface area contributed by atoms with Crippen LogP contribution in [-0.2, 0) is 19.1 Å². The van der Waals surface area contributed by atoms with Gasteiger partial charge in [0.15, 0.2) is 0 Å². The Morgan fingerprint density at radius 2 is 0.929 bits per heavy atom. The summed E-state index contributed by atoms with van der Waals surface area (Å²) in [5, 5.41) is 0. The molecular weight excluding hydrogens is 693 g/mol. The third-order valence-electron chi connectivity index (χ3n) is 11.1. The molecule has 0 amide bonds. The van der Waals surface area contributed by atoms with Crippen LogP contribution in [0, 0.1) is 5.92 Å². The van der Waals surface area contributed by atoms with E-state index < -0.39 is 0 Å². The van der Waals surface area contributed by atoms with Gasteiger partial charge >= 0.3 is 11.9 Å². The van der Waals surface area contributed by atoms with Crippen LogP contribution in [0.15, 0.2) is 24.3 Å². The van der Waals surface area contributed by atoms with Crippen LogP contribution >= 0.6 is 0 Å². The van der Waals surface area contributed by atoms with E-state index in [-0.39, 0.29) is 17.9 Å². The van der Waals surface area contributed by atoms with E-state index in [4.69, 9.17) is 9.47 Å². The van der Waals surface area contributed by atoms with Gasteiger partial charge in [-0.25, -0.2) is 0 Å². The minimum Gasteiger partial charge on any atom is -0.465 e. The van der Waals surface area contributed by atoms with Gasteiger partial charge in [0.1, 0.15) is 6.61 Å². The smallest absolute Gasteiger partial charge is 0.308 e. The molecule has 0 aromatic heterocycles. The van der Waals surface area contributed by atoms with Crippen LogP contribution in [0.25, 0.3) is 0 Å². The normalized spacial score (nSPS) is 12.5. The number of esters is 2. The van der Waals surface area contributed by atoms with Crippen LogP contribution in [0.2, 0.25) is 0 Å². The molecule has 0 aliphatic heterocycles. The average molecular weight is 789 g/mol. The van der Waals surface area contributed by atoms with Gasteiger partial charge in [0.25, 0.3) is 0 Å². The van der Waals surface area contributed by atoms with E-state index in [0.29, 0.717) is 19.6 Å². The van der Waals surface area contributed by atoms with E-state index in [2.05, 4.69) is 54.9 Å². The molecule has 0 radical (unpaired) electrons. The maximum Gasteiger partial charge on any atom is 0.308 e. The first-order chi connectivity index (χ1) is 27.4. The molecule has 1 atom stereocenters. The second-order valence-corrected chi connectivity index (χ2v) is 16.9. The number of unbranched alkanes of at least 4 members (excludes halogenated alkanes) is 22. The Hall–Kier alpha value is -1.66. The number of nitrogens with zero attached hydrogens (tertiary/aromatic N) is 2. The fourth-order valence-electron chi connectivity index (χ4n) is 7.36. The van der Waals surface area contributed by atoms with Gasteiger partial charge in [-0.3, -0.25) is 14.5 Å². The molecule has 0 saturated carbocycles. The summed E-state index contributed by atoms with van der Waals surface area (Å²) < 4.78 is 11.4. The number of ether oxygens (including phenoxy) is 2. The lowest BCUT2D eigenvalue weighted by atomic mass is 9.94. The van der Waals surface area contributed by atoms with E-state index in [1.165, 1.54) is 148 Å². The third kappa shape index (κ3) is 40.5. The Morgan fingerprint density at radius 3 is 1.50 bits per heavy atom. The minimum absolute atomic E-state index is 0.0634. The Balaban J connectivity index is 4.34. The SMILES string of the molecule is CCCCC/C=C\C/C=C\CCCCCCCCN(CCCCCCCCOC(=O)C(CCCCCC)CCCCCCCC)CCOC(=O)CCCN(C)C. The predicted octanol–water partition coefficient (Wildman–Crippen LogP) is 14.2. The highest BCUT2D eigenvalue weighted by Gasteiger charge is 2.19. The van der Waals surface area contributed by atoms with Gasteiger partial charge in [-0.2, -0.15) is 0 Å². The molecule has 330 valence electrons. The van der Waals surface area contributed by atoms with Crippen molar-refractivity contribution in [3.63, 3.8) is 0 Å².